The summed E-state index contributed by atoms with van der Waals surface area (Å²) >= 11 is 1.94. The molecule has 0 aliphatic heterocycles. The summed E-state index contributed by atoms with van der Waals surface area (Å²) in [6.45, 7) is 0. The Bertz CT molecular complexity index is 366. The van der Waals surface area contributed by atoms with Crippen molar-refractivity contribution in [3.63, 3.8) is 0 Å². The topological polar surface area (TPSA) is 37.3 Å². The van der Waals surface area contributed by atoms with E-state index in [1.165, 1.54) is 12.1 Å². The van der Waals surface area contributed by atoms with Crippen molar-refractivity contribution in [1.29, 1.82) is 0 Å². The van der Waals surface area contributed by atoms with Gasteiger partial charge in [-0.05, 0) is 40.6 Å². The molecule has 0 saturated carbocycles. The maximum absolute atomic E-state index is 12.3. The van der Waals surface area contributed by atoms with E-state index >= 15 is 0 Å². The monoisotopic (exact) mass is 326 g/mol. The molecule has 0 aliphatic carbocycles. The maximum atomic E-state index is 12.3. The van der Waals surface area contributed by atoms with Crippen molar-refractivity contribution in [2.75, 3.05) is 0 Å². The Morgan fingerprint density at radius 2 is 2.13 bits per heavy atom. The number of halogens is 3. The summed E-state index contributed by atoms with van der Waals surface area (Å²) < 4.78 is 25.3. The standard InChI is InChI=1S/C10H9F2IO2/c11-10(12)7-2-1-6(8(13)5-7)3-4-9(14)15/h1-2,5,10H,3-4H2,(H,14,15). The molecule has 0 unspecified atom stereocenters. The van der Waals surface area contributed by atoms with E-state index in [2.05, 4.69) is 0 Å². The third-order valence-electron chi connectivity index (χ3n) is 1.94. The quantitative estimate of drug-likeness (QED) is 0.863. The van der Waals surface area contributed by atoms with Crippen molar-refractivity contribution in [3.8, 4) is 0 Å². The van der Waals surface area contributed by atoms with Crippen LogP contribution in [0.4, 0.5) is 8.78 Å². The smallest absolute Gasteiger partial charge is 0.303 e. The first-order valence-corrected chi connectivity index (χ1v) is 5.37. The molecule has 1 rings (SSSR count). The van der Waals surface area contributed by atoms with Gasteiger partial charge in [-0.15, -0.1) is 0 Å². The largest absolute Gasteiger partial charge is 0.481 e. The second-order valence-corrected chi connectivity index (χ2v) is 4.21. The number of aliphatic carboxylic acids is 1. The first-order valence-electron chi connectivity index (χ1n) is 4.29. The molecule has 82 valence electrons. The van der Waals surface area contributed by atoms with E-state index in [-0.39, 0.29) is 12.0 Å². The van der Waals surface area contributed by atoms with Gasteiger partial charge < -0.3 is 5.11 Å². The summed E-state index contributed by atoms with van der Waals surface area (Å²) in [6.07, 6.45) is -2.09. The molecule has 1 aromatic carbocycles. The highest BCUT2D eigenvalue weighted by atomic mass is 127. The molecule has 0 saturated heterocycles. The predicted molar refractivity (Wildman–Crippen MR) is 60.1 cm³/mol. The Morgan fingerprint density at radius 1 is 1.47 bits per heavy atom. The van der Waals surface area contributed by atoms with Crippen molar-refractivity contribution in [2.24, 2.45) is 0 Å². The fourth-order valence-corrected chi connectivity index (χ4v) is 1.95. The summed E-state index contributed by atoms with van der Waals surface area (Å²) in [5.74, 6) is -0.885. The van der Waals surface area contributed by atoms with Crippen LogP contribution in [0.25, 0.3) is 0 Å². The minimum Gasteiger partial charge on any atom is -0.481 e. The number of alkyl halides is 2. The summed E-state index contributed by atoms with van der Waals surface area (Å²) in [7, 11) is 0. The van der Waals surface area contributed by atoms with Crippen LogP contribution in [0.5, 0.6) is 0 Å². The molecule has 0 spiro atoms. The molecule has 0 bridgehead atoms. The first kappa shape index (κ1) is 12.4. The van der Waals surface area contributed by atoms with E-state index in [0.29, 0.717) is 9.99 Å². The number of carboxylic acid groups (broad SMARTS) is 1. The number of hydrogen-bond acceptors (Lipinski definition) is 1. The van der Waals surface area contributed by atoms with Crippen LogP contribution in [0, 0.1) is 3.57 Å². The third-order valence-corrected chi connectivity index (χ3v) is 2.94. The van der Waals surface area contributed by atoms with Gasteiger partial charge in [0.1, 0.15) is 0 Å². The minimum atomic E-state index is -2.48. The molecule has 0 aliphatic rings. The van der Waals surface area contributed by atoms with Crippen LogP contribution >= 0.6 is 22.6 Å². The second-order valence-electron chi connectivity index (χ2n) is 3.05. The molecule has 1 N–H and O–H groups in total. The Kier molecular flexibility index (Phi) is 4.44. The fourth-order valence-electron chi connectivity index (χ4n) is 1.14. The molecule has 0 radical (unpaired) electrons. The molecule has 5 heteroatoms. The van der Waals surface area contributed by atoms with Crippen LogP contribution in [0.1, 0.15) is 24.0 Å². The van der Waals surface area contributed by atoms with Gasteiger partial charge in [0.15, 0.2) is 0 Å². The zero-order valence-electron chi connectivity index (χ0n) is 7.71. The van der Waals surface area contributed by atoms with Crippen molar-refractivity contribution in [3.05, 3.63) is 32.9 Å². The highest BCUT2D eigenvalue weighted by Gasteiger charge is 2.09. The SMILES string of the molecule is O=C(O)CCc1ccc(C(F)F)cc1I. The number of rotatable bonds is 4. The van der Waals surface area contributed by atoms with Gasteiger partial charge in [0.2, 0.25) is 0 Å². The third kappa shape index (κ3) is 3.73. The summed E-state index contributed by atoms with van der Waals surface area (Å²) in [6, 6.07) is 4.29. The lowest BCUT2D eigenvalue weighted by Gasteiger charge is -2.05. The second kappa shape index (κ2) is 5.39. The van der Waals surface area contributed by atoms with Gasteiger partial charge in [0.05, 0.1) is 0 Å². The van der Waals surface area contributed by atoms with Gasteiger partial charge in [-0.1, -0.05) is 12.1 Å². The van der Waals surface area contributed by atoms with Crippen LogP contribution in [0.15, 0.2) is 18.2 Å². The summed E-state index contributed by atoms with van der Waals surface area (Å²) in [5.41, 5.74) is 0.765. The normalized spacial score (nSPS) is 10.7. The number of carboxylic acids is 1. The van der Waals surface area contributed by atoms with Crippen molar-refractivity contribution >= 4 is 28.6 Å². The number of aryl methyl sites for hydroxylation is 1. The zero-order chi connectivity index (χ0) is 11.4. The lowest BCUT2D eigenvalue weighted by atomic mass is 10.1. The Morgan fingerprint density at radius 3 is 2.60 bits per heavy atom. The van der Waals surface area contributed by atoms with Crippen molar-refractivity contribution < 1.29 is 18.7 Å². The van der Waals surface area contributed by atoms with Crippen LogP contribution in [-0.4, -0.2) is 11.1 Å². The lowest BCUT2D eigenvalue weighted by Crippen LogP contribution is -1.99. The molecule has 0 amide bonds. The predicted octanol–water partition coefficient (Wildman–Crippen LogP) is 3.25. The van der Waals surface area contributed by atoms with Crippen LogP contribution in [0.2, 0.25) is 0 Å². The molecular weight excluding hydrogens is 317 g/mol. The van der Waals surface area contributed by atoms with Gasteiger partial charge in [0, 0.05) is 15.6 Å². The Hall–Kier alpha value is -0.720. The van der Waals surface area contributed by atoms with E-state index < -0.39 is 12.4 Å². The van der Waals surface area contributed by atoms with Gasteiger partial charge in [0.25, 0.3) is 6.43 Å². The van der Waals surface area contributed by atoms with Crippen molar-refractivity contribution in [1.82, 2.24) is 0 Å². The van der Waals surface area contributed by atoms with Gasteiger partial charge in [-0.2, -0.15) is 0 Å². The minimum absolute atomic E-state index is 0.0179. The highest BCUT2D eigenvalue weighted by Crippen LogP contribution is 2.23. The number of hydrogen-bond donors (Lipinski definition) is 1. The maximum Gasteiger partial charge on any atom is 0.303 e. The van der Waals surface area contributed by atoms with E-state index in [1.807, 2.05) is 22.6 Å². The van der Waals surface area contributed by atoms with E-state index in [9.17, 15) is 13.6 Å². The molecule has 1 aromatic rings. The summed E-state index contributed by atoms with van der Waals surface area (Å²) in [5, 5.41) is 8.49. The molecule has 0 aromatic heterocycles. The molecule has 2 nitrogen and oxygen atoms in total. The Balaban J connectivity index is 2.79. The molecular formula is C10H9F2IO2. The molecule has 0 atom stereocenters. The average Bonchev–Trinajstić information content (AvgIpc) is 2.15. The molecule has 0 fully saturated rings. The molecule has 0 heterocycles. The lowest BCUT2D eigenvalue weighted by molar-refractivity contribution is -0.136. The van der Waals surface area contributed by atoms with E-state index in [0.717, 1.165) is 5.56 Å². The Labute approximate surface area is 99.4 Å². The van der Waals surface area contributed by atoms with Crippen LogP contribution in [0.3, 0.4) is 0 Å². The summed E-state index contributed by atoms with van der Waals surface area (Å²) in [4.78, 5) is 10.3. The van der Waals surface area contributed by atoms with Crippen molar-refractivity contribution in [2.45, 2.75) is 19.3 Å². The highest BCUT2D eigenvalue weighted by molar-refractivity contribution is 14.1. The van der Waals surface area contributed by atoms with E-state index in [1.54, 1.807) is 6.07 Å². The zero-order valence-corrected chi connectivity index (χ0v) is 9.87. The van der Waals surface area contributed by atoms with Crippen LogP contribution < -0.4 is 0 Å². The number of benzene rings is 1. The van der Waals surface area contributed by atoms with Gasteiger partial charge in [-0.3, -0.25) is 4.79 Å². The first-order chi connectivity index (χ1) is 7.00. The average molecular weight is 326 g/mol. The van der Waals surface area contributed by atoms with Crippen LogP contribution in [-0.2, 0) is 11.2 Å². The molecule has 15 heavy (non-hydrogen) atoms. The fraction of sp³-hybridized carbons (Fsp3) is 0.300. The number of carbonyl (C=O) groups is 1. The van der Waals surface area contributed by atoms with Gasteiger partial charge >= 0.3 is 5.97 Å². The van der Waals surface area contributed by atoms with E-state index in [4.69, 9.17) is 5.11 Å². The van der Waals surface area contributed by atoms with Gasteiger partial charge in [-0.25, -0.2) is 8.78 Å².